The van der Waals surface area contributed by atoms with Gasteiger partial charge in [0.1, 0.15) is 17.4 Å². The molecule has 2 heterocycles. The lowest BCUT2D eigenvalue weighted by Crippen LogP contribution is -2.40. The van der Waals surface area contributed by atoms with Crippen LogP contribution < -0.4 is 9.64 Å². The van der Waals surface area contributed by atoms with Crippen LogP contribution in [0.25, 0.3) is 0 Å². The van der Waals surface area contributed by atoms with E-state index in [4.69, 9.17) is 16.3 Å². The van der Waals surface area contributed by atoms with E-state index < -0.39 is 0 Å². The van der Waals surface area contributed by atoms with E-state index >= 15 is 0 Å². The molecular weight excluding hydrogens is 340 g/mol. The molecule has 25 heavy (non-hydrogen) atoms. The van der Waals surface area contributed by atoms with Gasteiger partial charge in [0.05, 0.1) is 12.2 Å². The highest BCUT2D eigenvalue weighted by Crippen LogP contribution is 2.25. The first-order chi connectivity index (χ1) is 11.9. The minimum Gasteiger partial charge on any atom is -0.484 e. The summed E-state index contributed by atoms with van der Waals surface area (Å²) in [5.41, 5.74) is 2.04. The van der Waals surface area contributed by atoms with Gasteiger partial charge in [0.15, 0.2) is 6.61 Å². The third kappa shape index (κ3) is 4.02. The predicted molar refractivity (Wildman–Crippen MR) is 97.2 cm³/mol. The lowest BCUT2D eigenvalue weighted by atomic mass is 10.1. The SMILES string of the molecule is Cc1nc2c(c(N(C)C)n1)CN(C(=O)COc1ccc(Cl)cc1)CC2. The first-order valence-electron chi connectivity index (χ1n) is 8.14. The standard InChI is InChI=1S/C18H21ClN4O2/c1-12-20-16-8-9-23(10-15(16)18(21-12)22(2)3)17(24)11-25-14-6-4-13(19)5-7-14/h4-7H,8-11H2,1-3H3. The maximum Gasteiger partial charge on any atom is 0.260 e. The summed E-state index contributed by atoms with van der Waals surface area (Å²) in [6.07, 6.45) is 0.728. The fraction of sp³-hybridized carbons (Fsp3) is 0.389. The monoisotopic (exact) mass is 360 g/mol. The number of nitrogens with zero attached hydrogens (tertiary/aromatic N) is 4. The Kier molecular flexibility index (Phi) is 5.08. The van der Waals surface area contributed by atoms with Crippen LogP contribution in [-0.4, -0.2) is 48.0 Å². The molecule has 0 aliphatic carbocycles. The highest BCUT2D eigenvalue weighted by atomic mass is 35.5. The van der Waals surface area contributed by atoms with Crippen LogP contribution >= 0.6 is 11.6 Å². The molecule has 2 aromatic rings. The number of hydrogen-bond donors (Lipinski definition) is 0. The lowest BCUT2D eigenvalue weighted by molar-refractivity contribution is -0.134. The van der Waals surface area contributed by atoms with Gasteiger partial charge in [-0.1, -0.05) is 11.6 Å². The highest BCUT2D eigenvalue weighted by molar-refractivity contribution is 6.30. The molecule has 0 unspecified atom stereocenters. The number of carbonyl (C=O) groups excluding carboxylic acids is 1. The number of ether oxygens (including phenoxy) is 1. The summed E-state index contributed by atoms with van der Waals surface area (Å²) >= 11 is 5.85. The third-order valence-electron chi connectivity index (χ3n) is 4.10. The van der Waals surface area contributed by atoms with Crippen LogP contribution in [0.5, 0.6) is 5.75 Å². The van der Waals surface area contributed by atoms with Crippen molar-refractivity contribution in [2.45, 2.75) is 19.9 Å². The van der Waals surface area contributed by atoms with Crippen molar-refractivity contribution in [3.63, 3.8) is 0 Å². The Morgan fingerprint density at radius 3 is 2.68 bits per heavy atom. The third-order valence-corrected chi connectivity index (χ3v) is 4.35. The molecule has 7 heteroatoms. The molecule has 0 radical (unpaired) electrons. The Hall–Kier alpha value is -2.34. The smallest absolute Gasteiger partial charge is 0.260 e. The summed E-state index contributed by atoms with van der Waals surface area (Å²) in [7, 11) is 3.90. The average molecular weight is 361 g/mol. The number of rotatable bonds is 4. The zero-order chi connectivity index (χ0) is 18.0. The predicted octanol–water partition coefficient (Wildman–Crippen LogP) is 2.47. The topological polar surface area (TPSA) is 58.6 Å². The van der Waals surface area contributed by atoms with Gasteiger partial charge >= 0.3 is 0 Å². The van der Waals surface area contributed by atoms with Crippen LogP contribution in [0.2, 0.25) is 5.02 Å². The minimum atomic E-state index is -0.0501. The van der Waals surface area contributed by atoms with Crippen molar-refractivity contribution in [2.24, 2.45) is 0 Å². The zero-order valence-corrected chi connectivity index (χ0v) is 15.4. The number of aryl methyl sites for hydroxylation is 1. The van der Waals surface area contributed by atoms with Gasteiger partial charge in [-0.15, -0.1) is 0 Å². The van der Waals surface area contributed by atoms with Crippen molar-refractivity contribution in [3.05, 3.63) is 46.4 Å². The molecule has 0 atom stereocenters. The van der Waals surface area contributed by atoms with Crippen LogP contribution in [0.3, 0.4) is 0 Å². The Bertz CT molecular complexity index is 777. The summed E-state index contributed by atoms with van der Waals surface area (Å²) in [6, 6.07) is 6.98. The van der Waals surface area contributed by atoms with Gasteiger partial charge in [-0.3, -0.25) is 4.79 Å². The van der Waals surface area contributed by atoms with E-state index in [2.05, 4.69) is 9.97 Å². The second-order valence-corrected chi connectivity index (χ2v) is 6.66. The second-order valence-electron chi connectivity index (χ2n) is 6.22. The molecule has 0 spiro atoms. The van der Waals surface area contributed by atoms with Gasteiger partial charge in [-0.05, 0) is 31.2 Å². The first-order valence-corrected chi connectivity index (χ1v) is 8.51. The molecule has 132 valence electrons. The lowest BCUT2D eigenvalue weighted by Gasteiger charge is -2.30. The van der Waals surface area contributed by atoms with Crippen LogP contribution in [0.1, 0.15) is 17.1 Å². The molecule has 0 saturated heterocycles. The maximum atomic E-state index is 12.5. The van der Waals surface area contributed by atoms with Crippen molar-refractivity contribution < 1.29 is 9.53 Å². The number of hydrogen-bond acceptors (Lipinski definition) is 5. The Balaban J connectivity index is 1.69. The first kappa shape index (κ1) is 17.5. The van der Waals surface area contributed by atoms with Gasteiger partial charge in [-0.25, -0.2) is 9.97 Å². The molecule has 0 saturated carbocycles. The number of amides is 1. The molecule has 0 bridgehead atoms. The van der Waals surface area contributed by atoms with Gasteiger partial charge in [-0.2, -0.15) is 0 Å². The average Bonchev–Trinajstić information content (AvgIpc) is 2.59. The van der Waals surface area contributed by atoms with E-state index in [9.17, 15) is 4.79 Å². The second kappa shape index (κ2) is 7.27. The quantitative estimate of drug-likeness (QED) is 0.838. The number of aromatic nitrogens is 2. The van der Waals surface area contributed by atoms with Crippen molar-refractivity contribution in [1.29, 1.82) is 0 Å². The Labute approximate surface area is 152 Å². The molecule has 1 aromatic heterocycles. The Morgan fingerprint density at radius 1 is 1.28 bits per heavy atom. The molecule has 3 rings (SSSR count). The van der Waals surface area contributed by atoms with E-state index in [1.165, 1.54) is 0 Å². The normalized spacial score (nSPS) is 13.4. The van der Waals surface area contributed by atoms with Crippen LogP contribution in [0.4, 0.5) is 5.82 Å². The van der Waals surface area contributed by atoms with Gasteiger partial charge in [0.2, 0.25) is 0 Å². The molecule has 0 fully saturated rings. The van der Waals surface area contributed by atoms with Crippen LogP contribution in [0.15, 0.2) is 24.3 Å². The van der Waals surface area contributed by atoms with E-state index in [-0.39, 0.29) is 12.5 Å². The van der Waals surface area contributed by atoms with Gasteiger partial charge in [0, 0.05) is 37.6 Å². The summed E-state index contributed by atoms with van der Waals surface area (Å²) in [5.74, 6) is 2.21. The molecule has 6 nitrogen and oxygen atoms in total. The van der Waals surface area contributed by atoms with E-state index in [0.29, 0.717) is 23.9 Å². The fourth-order valence-electron chi connectivity index (χ4n) is 2.87. The van der Waals surface area contributed by atoms with E-state index in [0.717, 1.165) is 29.3 Å². The minimum absolute atomic E-state index is 0.000974. The number of halogens is 1. The van der Waals surface area contributed by atoms with Crippen molar-refractivity contribution in [1.82, 2.24) is 14.9 Å². The molecule has 1 aliphatic rings. The fourth-order valence-corrected chi connectivity index (χ4v) is 2.99. The van der Waals surface area contributed by atoms with E-state index in [1.54, 1.807) is 29.2 Å². The number of carbonyl (C=O) groups is 1. The largest absolute Gasteiger partial charge is 0.484 e. The van der Waals surface area contributed by atoms with E-state index in [1.807, 2.05) is 25.9 Å². The zero-order valence-electron chi connectivity index (χ0n) is 14.6. The van der Waals surface area contributed by atoms with Crippen LogP contribution in [-0.2, 0) is 17.8 Å². The highest BCUT2D eigenvalue weighted by Gasteiger charge is 2.25. The Morgan fingerprint density at radius 2 is 2.00 bits per heavy atom. The molecular formula is C18H21ClN4O2. The summed E-state index contributed by atoms with van der Waals surface area (Å²) in [5, 5.41) is 0.637. The number of benzene rings is 1. The van der Waals surface area contributed by atoms with Crippen LogP contribution in [0, 0.1) is 6.92 Å². The maximum absolute atomic E-state index is 12.5. The van der Waals surface area contributed by atoms with Crippen molar-refractivity contribution in [3.8, 4) is 5.75 Å². The number of anilines is 1. The summed E-state index contributed by atoms with van der Waals surface area (Å²) in [4.78, 5) is 25.3. The number of fused-ring (bicyclic) bond motifs is 1. The summed E-state index contributed by atoms with van der Waals surface area (Å²) < 4.78 is 5.57. The summed E-state index contributed by atoms with van der Waals surface area (Å²) in [6.45, 7) is 3.04. The van der Waals surface area contributed by atoms with Crippen molar-refractivity contribution in [2.75, 3.05) is 32.1 Å². The molecule has 1 amide bonds. The van der Waals surface area contributed by atoms with Crippen molar-refractivity contribution >= 4 is 23.3 Å². The molecule has 1 aliphatic heterocycles. The molecule has 0 N–H and O–H groups in total. The van der Waals surface area contributed by atoms with Gasteiger partial charge in [0.25, 0.3) is 5.91 Å². The van der Waals surface area contributed by atoms with Gasteiger partial charge < -0.3 is 14.5 Å². The molecule has 1 aromatic carbocycles.